The van der Waals surface area contributed by atoms with Gasteiger partial charge in [0, 0.05) is 11.8 Å². The molecule has 17 heavy (non-hydrogen) atoms. The number of aliphatic carboxylic acids is 1. The lowest BCUT2D eigenvalue weighted by Gasteiger charge is -2.16. The summed E-state index contributed by atoms with van der Waals surface area (Å²) in [6.07, 6.45) is 0.399. The molecule has 0 aliphatic rings. The molecule has 0 fully saturated rings. The highest BCUT2D eigenvalue weighted by atomic mass is 16.4. The molecule has 3 nitrogen and oxygen atoms in total. The molecule has 0 aliphatic carbocycles. The maximum absolute atomic E-state index is 11.1. The van der Waals surface area contributed by atoms with Crippen LogP contribution in [-0.2, 0) is 11.2 Å². The van der Waals surface area contributed by atoms with Gasteiger partial charge >= 0.3 is 5.97 Å². The monoisotopic (exact) mass is 232 g/mol. The van der Waals surface area contributed by atoms with Gasteiger partial charge < -0.3 is 9.52 Å². The zero-order chi connectivity index (χ0) is 12.6. The Labute approximate surface area is 100 Å². The van der Waals surface area contributed by atoms with Crippen molar-refractivity contribution in [3.63, 3.8) is 0 Å². The van der Waals surface area contributed by atoms with Gasteiger partial charge in [-0.1, -0.05) is 12.1 Å². The molecule has 0 radical (unpaired) electrons. The van der Waals surface area contributed by atoms with E-state index in [0.29, 0.717) is 6.42 Å². The highest BCUT2D eigenvalue weighted by Gasteiger charge is 2.29. The molecular weight excluding hydrogens is 216 g/mol. The van der Waals surface area contributed by atoms with Crippen molar-refractivity contribution in [1.29, 1.82) is 0 Å². The van der Waals surface area contributed by atoms with Gasteiger partial charge in [-0.3, -0.25) is 4.79 Å². The third kappa shape index (κ3) is 2.18. The van der Waals surface area contributed by atoms with Crippen molar-refractivity contribution in [2.45, 2.75) is 27.2 Å². The summed E-state index contributed by atoms with van der Waals surface area (Å²) in [5.74, 6) is -0.0867. The molecule has 2 rings (SSSR count). The summed E-state index contributed by atoms with van der Waals surface area (Å²) < 4.78 is 5.67. The maximum Gasteiger partial charge on any atom is 0.309 e. The van der Waals surface area contributed by atoms with Crippen molar-refractivity contribution in [2.24, 2.45) is 5.41 Å². The second-order valence-electron chi connectivity index (χ2n) is 5.07. The van der Waals surface area contributed by atoms with E-state index in [1.54, 1.807) is 13.8 Å². The molecule has 0 aliphatic heterocycles. The van der Waals surface area contributed by atoms with Crippen molar-refractivity contribution < 1.29 is 14.3 Å². The zero-order valence-corrected chi connectivity index (χ0v) is 10.3. The molecule has 0 atom stereocenters. The number of carboxylic acid groups (broad SMARTS) is 1. The number of rotatable bonds is 3. The Hall–Kier alpha value is -1.77. The van der Waals surface area contributed by atoms with Crippen molar-refractivity contribution in [2.75, 3.05) is 0 Å². The Morgan fingerprint density at radius 1 is 1.41 bits per heavy atom. The summed E-state index contributed by atoms with van der Waals surface area (Å²) in [5, 5.41) is 10.1. The van der Waals surface area contributed by atoms with Crippen LogP contribution >= 0.6 is 0 Å². The largest absolute Gasteiger partial charge is 0.481 e. The molecule has 2 aromatic rings. The van der Waals surface area contributed by atoms with Crippen LogP contribution in [-0.4, -0.2) is 11.1 Å². The Bertz CT molecular complexity index is 564. The number of carbonyl (C=O) groups is 1. The van der Waals surface area contributed by atoms with Crippen molar-refractivity contribution >= 4 is 16.9 Å². The Morgan fingerprint density at radius 3 is 2.71 bits per heavy atom. The zero-order valence-electron chi connectivity index (χ0n) is 10.3. The minimum atomic E-state index is -0.810. The summed E-state index contributed by atoms with van der Waals surface area (Å²) in [4.78, 5) is 11.1. The number of carboxylic acids is 1. The summed E-state index contributed by atoms with van der Waals surface area (Å²) in [7, 11) is 0. The van der Waals surface area contributed by atoms with Gasteiger partial charge in [-0.15, -0.1) is 0 Å². The van der Waals surface area contributed by atoms with Gasteiger partial charge in [0.15, 0.2) is 0 Å². The summed E-state index contributed by atoms with van der Waals surface area (Å²) >= 11 is 0. The van der Waals surface area contributed by atoms with E-state index < -0.39 is 11.4 Å². The van der Waals surface area contributed by atoms with Gasteiger partial charge in [-0.2, -0.15) is 0 Å². The number of hydrogen-bond acceptors (Lipinski definition) is 2. The van der Waals surface area contributed by atoms with E-state index in [4.69, 9.17) is 9.52 Å². The number of furan rings is 1. The number of fused-ring (bicyclic) bond motifs is 1. The fourth-order valence-corrected chi connectivity index (χ4v) is 1.86. The minimum Gasteiger partial charge on any atom is -0.481 e. The molecule has 1 heterocycles. The van der Waals surface area contributed by atoms with Crippen LogP contribution in [0.5, 0.6) is 0 Å². The Balaban J connectivity index is 2.38. The van der Waals surface area contributed by atoms with E-state index in [1.165, 1.54) is 0 Å². The summed E-state index contributed by atoms with van der Waals surface area (Å²) in [5.41, 5.74) is 1.16. The first-order valence-electron chi connectivity index (χ1n) is 5.61. The fourth-order valence-electron chi connectivity index (χ4n) is 1.86. The van der Waals surface area contributed by atoms with Gasteiger partial charge in [-0.25, -0.2) is 0 Å². The van der Waals surface area contributed by atoms with Crippen molar-refractivity contribution in [1.82, 2.24) is 0 Å². The molecule has 0 unspecified atom stereocenters. The third-order valence-corrected chi connectivity index (χ3v) is 3.03. The van der Waals surface area contributed by atoms with Crippen LogP contribution in [0.4, 0.5) is 0 Å². The van der Waals surface area contributed by atoms with Crippen LogP contribution in [0.15, 0.2) is 28.7 Å². The van der Waals surface area contributed by atoms with Gasteiger partial charge in [0.25, 0.3) is 0 Å². The average molecular weight is 232 g/mol. The lowest BCUT2D eigenvalue weighted by Crippen LogP contribution is -2.25. The molecule has 1 aromatic heterocycles. The van der Waals surface area contributed by atoms with Crippen LogP contribution in [0.1, 0.15) is 25.2 Å². The minimum absolute atomic E-state index is 0.399. The van der Waals surface area contributed by atoms with Gasteiger partial charge in [0.05, 0.1) is 5.41 Å². The molecule has 0 bridgehead atoms. The fraction of sp³-hybridized carbons (Fsp3) is 0.357. The Kier molecular flexibility index (Phi) is 2.69. The standard InChI is InChI=1S/C14H16O3/c1-9-5-4-6-12-11(9)7-10(17-12)8-14(2,3)13(15)16/h4-7H,8H2,1-3H3,(H,15,16). The quantitative estimate of drug-likeness (QED) is 0.882. The van der Waals surface area contributed by atoms with Crippen LogP contribution in [0, 0.1) is 12.3 Å². The molecule has 90 valence electrons. The smallest absolute Gasteiger partial charge is 0.309 e. The van der Waals surface area contributed by atoms with E-state index in [-0.39, 0.29) is 0 Å². The Morgan fingerprint density at radius 2 is 2.12 bits per heavy atom. The molecule has 1 aromatic carbocycles. The molecule has 1 N–H and O–H groups in total. The van der Waals surface area contributed by atoms with E-state index in [2.05, 4.69) is 0 Å². The van der Waals surface area contributed by atoms with Gasteiger partial charge in [0.1, 0.15) is 11.3 Å². The second kappa shape index (κ2) is 3.91. The molecule has 0 spiro atoms. The predicted octanol–water partition coefficient (Wildman–Crippen LogP) is 3.39. The normalized spacial score (nSPS) is 11.9. The maximum atomic E-state index is 11.1. The van der Waals surface area contributed by atoms with E-state index in [1.807, 2.05) is 31.2 Å². The summed E-state index contributed by atoms with van der Waals surface area (Å²) in [6.45, 7) is 5.43. The number of aryl methyl sites for hydroxylation is 1. The highest BCUT2D eigenvalue weighted by molar-refractivity contribution is 5.81. The van der Waals surface area contributed by atoms with Crippen LogP contribution in [0.2, 0.25) is 0 Å². The van der Waals surface area contributed by atoms with Crippen LogP contribution in [0.3, 0.4) is 0 Å². The number of benzene rings is 1. The average Bonchev–Trinajstić information content (AvgIpc) is 2.60. The lowest BCUT2D eigenvalue weighted by molar-refractivity contribution is -0.147. The predicted molar refractivity (Wildman–Crippen MR) is 66.1 cm³/mol. The lowest BCUT2D eigenvalue weighted by atomic mass is 9.88. The van der Waals surface area contributed by atoms with Crippen LogP contribution in [0.25, 0.3) is 11.0 Å². The molecule has 0 saturated heterocycles. The topological polar surface area (TPSA) is 50.4 Å². The van der Waals surface area contributed by atoms with Crippen molar-refractivity contribution in [3.8, 4) is 0 Å². The molecule has 3 heteroatoms. The molecular formula is C14H16O3. The van der Waals surface area contributed by atoms with Crippen LogP contribution < -0.4 is 0 Å². The molecule has 0 amide bonds. The van der Waals surface area contributed by atoms with E-state index in [0.717, 1.165) is 22.3 Å². The third-order valence-electron chi connectivity index (χ3n) is 3.03. The van der Waals surface area contributed by atoms with Crippen molar-refractivity contribution in [3.05, 3.63) is 35.6 Å². The van der Waals surface area contributed by atoms with E-state index in [9.17, 15) is 4.79 Å². The number of hydrogen-bond donors (Lipinski definition) is 1. The van der Waals surface area contributed by atoms with Gasteiger partial charge in [-0.05, 0) is 38.5 Å². The highest BCUT2D eigenvalue weighted by Crippen LogP contribution is 2.28. The SMILES string of the molecule is Cc1cccc2oc(CC(C)(C)C(=O)O)cc12. The summed E-state index contributed by atoms with van der Waals surface area (Å²) in [6, 6.07) is 7.80. The first kappa shape index (κ1) is 11.7. The van der Waals surface area contributed by atoms with Gasteiger partial charge in [0.2, 0.25) is 0 Å². The van der Waals surface area contributed by atoms with E-state index >= 15 is 0 Å². The first-order chi connectivity index (χ1) is 7.90. The molecule has 0 saturated carbocycles. The first-order valence-corrected chi connectivity index (χ1v) is 5.61. The second-order valence-corrected chi connectivity index (χ2v) is 5.07.